The number of nitrogens with zero attached hydrogens (tertiary/aromatic N) is 1. The van der Waals surface area contributed by atoms with Crippen LogP contribution in [0.5, 0.6) is 0 Å². The Kier molecular flexibility index (Phi) is 2.82. The predicted octanol–water partition coefficient (Wildman–Crippen LogP) is 1.42. The summed E-state index contributed by atoms with van der Waals surface area (Å²) in [6.45, 7) is 2.85. The summed E-state index contributed by atoms with van der Waals surface area (Å²) in [7, 11) is 0. The van der Waals surface area contributed by atoms with E-state index in [1.165, 1.54) is 12.1 Å². The summed E-state index contributed by atoms with van der Waals surface area (Å²) < 4.78 is 0. The second-order valence-corrected chi connectivity index (χ2v) is 4.14. The summed E-state index contributed by atoms with van der Waals surface area (Å²) in [5.41, 5.74) is 4.11. The maximum atomic E-state index is 5.02. The number of nitrogens with one attached hydrogen (secondary N) is 2. The fourth-order valence-electron chi connectivity index (χ4n) is 1.98. The highest BCUT2D eigenvalue weighted by molar-refractivity contribution is 7.80. The molecule has 0 aromatic rings. The largest absolute Gasteiger partial charge is 0.362 e. The minimum atomic E-state index is 0.590. The van der Waals surface area contributed by atoms with Gasteiger partial charge < -0.3 is 5.32 Å². The van der Waals surface area contributed by atoms with Crippen LogP contribution in [0.15, 0.2) is 17.3 Å². The number of thiocarbonyl (C=S) groups is 1. The van der Waals surface area contributed by atoms with Gasteiger partial charge in [0.05, 0.1) is 0 Å². The minimum absolute atomic E-state index is 0.590. The smallest absolute Gasteiger partial charge is 0.186 e. The molecule has 3 nitrogen and oxygen atoms in total. The molecule has 76 valence electrons. The third-order valence-corrected chi connectivity index (χ3v) is 3.02. The third-order valence-electron chi connectivity index (χ3n) is 2.78. The molecule has 0 aromatic heterocycles. The van der Waals surface area contributed by atoms with Gasteiger partial charge in [0.2, 0.25) is 0 Å². The molecular weight excluding hydrogens is 194 g/mol. The maximum absolute atomic E-state index is 5.02. The standard InChI is InChI=1S/C10H15N3S/c1-2-11-10(14)13-12-9-6-7-4-3-5-8(7)9/h3,5,7-8H,2,4,6H2,1H3,(H2,11,13,14)/b12-9+. The number of allylic oxidation sites excluding steroid dienone is 2. The van der Waals surface area contributed by atoms with Crippen molar-refractivity contribution in [3.63, 3.8) is 0 Å². The quantitative estimate of drug-likeness (QED) is 0.410. The zero-order valence-corrected chi connectivity index (χ0v) is 9.10. The first kappa shape index (κ1) is 9.65. The lowest BCUT2D eigenvalue weighted by molar-refractivity contribution is 0.444. The molecule has 4 heteroatoms. The van der Waals surface area contributed by atoms with Crippen molar-refractivity contribution in [1.82, 2.24) is 10.7 Å². The van der Waals surface area contributed by atoms with Crippen LogP contribution in [0.4, 0.5) is 0 Å². The van der Waals surface area contributed by atoms with Crippen LogP contribution in [-0.4, -0.2) is 17.4 Å². The topological polar surface area (TPSA) is 36.4 Å². The number of rotatable bonds is 2. The average molecular weight is 209 g/mol. The minimum Gasteiger partial charge on any atom is -0.362 e. The summed E-state index contributed by atoms with van der Waals surface area (Å²) in [6, 6.07) is 0. The zero-order chi connectivity index (χ0) is 9.97. The van der Waals surface area contributed by atoms with Gasteiger partial charge in [-0.15, -0.1) is 0 Å². The first-order valence-electron chi connectivity index (χ1n) is 5.08. The Balaban J connectivity index is 1.82. The van der Waals surface area contributed by atoms with Gasteiger partial charge >= 0.3 is 0 Å². The fraction of sp³-hybridized carbons (Fsp3) is 0.600. The van der Waals surface area contributed by atoms with E-state index >= 15 is 0 Å². The molecule has 2 rings (SSSR count). The van der Waals surface area contributed by atoms with Gasteiger partial charge in [-0.25, -0.2) is 0 Å². The normalized spacial score (nSPS) is 31.1. The van der Waals surface area contributed by atoms with Gasteiger partial charge in [0, 0.05) is 18.2 Å². The maximum Gasteiger partial charge on any atom is 0.186 e. The zero-order valence-electron chi connectivity index (χ0n) is 8.29. The van der Waals surface area contributed by atoms with Crippen molar-refractivity contribution in [3.05, 3.63) is 12.2 Å². The molecular formula is C10H15N3S. The first-order valence-corrected chi connectivity index (χ1v) is 5.49. The molecule has 2 aliphatic rings. The van der Waals surface area contributed by atoms with E-state index < -0.39 is 0 Å². The van der Waals surface area contributed by atoms with Crippen molar-refractivity contribution < 1.29 is 0 Å². The van der Waals surface area contributed by atoms with E-state index in [0.717, 1.165) is 18.9 Å². The van der Waals surface area contributed by atoms with Crippen molar-refractivity contribution in [3.8, 4) is 0 Å². The highest BCUT2D eigenvalue weighted by atomic mass is 32.1. The molecule has 0 aromatic carbocycles. The Labute approximate surface area is 89.6 Å². The van der Waals surface area contributed by atoms with Crippen molar-refractivity contribution in [2.75, 3.05) is 6.54 Å². The first-order chi connectivity index (χ1) is 6.81. The van der Waals surface area contributed by atoms with Crippen LogP contribution in [0.3, 0.4) is 0 Å². The van der Waals surface area contributed by atoms with Gasteiger partial charge in [0.25, 0.3) is 0 Å². The van der Waals surface area contributed by atoms with Gasteiger partial charge in [-0.2, -0.15) is 5.10 Å². The van der Waals surface area contributed by atoms with Crippen LogP contribution >= 0.6 is 12.2 Å². The summed E-state index contributed by atoms with van der Waals surface area (Å²) in [5.74, 6) is 1.41. The fourth-order valence-corrected chi connectivity index (χ4v) is 2.17. The van der Waals surface area contributed by atoms with Gasteiger partial charge in [0.1, 0.15) is 0 Å². The Morgan fingerprint density at radius 1 is 1.71 bits per heavy atom. The van der Waals surface area contributed by atoms with Gasteiger partial charge in [-0.05, 0) is 37.9 Å². The number of fused-ring (bicyclic) bond motifs is 1. The van der Waals surface area contributed by atoms with Gasteiger partial charge in [0.15, 0.2) is 5.11 Å². The molecule has 2 atom stereocenters. The van der Waals surface area contributed by atoms with Crippen LogP contribution in [0.2, 0.25) is 0 Å². The molecule has 2 aliphatic carbocycles. The van der Waals surface area contributed by atoms with E-state index in [9.17, 15) is 0 Å². The van der Waals surface area contributed by atoms with E-state index in [4.69, 9.17) is 12.2 Å². The average Bonchev–Trinajstić information content (AvgIpc) is 2.48. The summed E-state index contributed by atoms with van der Waals surface area (Å²) in [5, 5.41) is 7.92. The van der Waals surface area contributed by atoms with Crippen LogP contribution in [-0.2, 0) is 0 Å². The second kappa shape index (κ2) is 4.09. The molecule has 1 fully saturated rings. The molecule has 0 heterocycles. The van der Waals surface area contributed by atoms with Crippen molar-refractivity contribution in [2.24, 2.45) is 16.9 Å². The third kappa shape index (κ3) is 1.80. The van der Waals surface area contributed by atoms with E-state index in [-0.39, 0.29) is 0 Å². The molecule has 2 N–H and O–H groups in total. The predicted molar refractivity (Wildman–Crippen MR) is 62.2 cm³/mol. The number of hydrogen-bond donors (Lipinski definition) is 2. The lowest BCUT2D eigenvalue weighted by Crippen LogP contribution is -2.38. The molecule has 0 bridgehead atoms. The number of hydrogen-bond acceptors (Lipinski definition) is 2. The molecule has 14 heavy (non-hydrogen) atoms. The van der Waals surface area contributed by atoms with Crippen LogP contribution < -0.4 is 10.7 Å². The SMILES string of the molecule is CCNC(=S)N/N=C1\CC2CC=CC12. The van der Waals surface area contributed by atoms with E-state index in [1.807, 2.05) is 6.92 Å². The van der Waals surface area contributed by atoms with E-state index in [1.54, 1.807) is 0 Å². The van der Waals surface area contributed by atoms with E-state index in [2.05, 4.69) is 28.0 Å². The Morgan fingerprint density at radius 2 is 2.57 bits per heavy atom. The highest BCUT2D eigenvalue weighted by Crippen LogP contribution is 2.39. The van der Waals surface area contributed by atoms with Gasteiger partial charge in [-0.1, -0.05) is 12.2 Å². The lowest BCUT2D eigenvalue weighted by atomic mass is 9.74. The van der Waals surface area contributed by atoms with Crippen molar-refractivity contribution >= 4 is 23.0 Å². The van der Waals surface area contributed by atoms with E-state index in [0.29, 0.717) is 11.0 Å². The summed E-state index contributed by atoms with van der Waals surface area (Å²) in [6.07, 6.45) is 6.85. The van der Waals surface area contributed by atoms with Crippen LogP contribution in [0.1, 0.15) is 19.8 Å². The van der Waals surface area contributed by atoms with Crippen LogP contribution in [0, 0.1) is 11.8 Å². The monoisotopic (exact) mass is 209 g/mol. The molecule has 0 saturated heterocycles. The molecule has 0 aliphatic heterocycles. The molecule has 1 saturated carbocycles. The van der Waals surface area contributed by atoms with Gasteiger partial charge in [-0.3, -0.25) is 5.43 Å². The van der Waals surface area contributed by atoms with Crippen LogP contribution in [0.25, 0.3) is 0 Å². The Morgan fingerprint density at radius 3 is 3.29 bits per heavy atom. The number of hydrazone groups is 1. The second-order valence-electron chi connectivity index (χ2n) is 3.73. The van der Waals surface area contributed by atoms with Crippen molar-refractivity contribution in [2.45, 2.75) is 19.8 Å². The molecule has 0 spiro atoms. The Bertz CT molecular complexity index is 296. The Hall–Kier alpha value is -0.900. The summed E-state index contributed by atoms with van der Waals surface area (Å²) >= 11 is 5.02. The lowest BCUT2D eigenvalue weighted by Gasteiger charge is -2.31. The van der Waals surface area contributed by atoms with Crippen molar-refractivity contribution in [1.29, 1.82) is 0 Å². The highest BCUT2D eigenvalue weighted by Gasteiger charge is 2.37. The molecule has 0 amide bonds. The molecule has 0 radical (unpaired) electrons. The molecule has 2 unspecified atom stereocenters. The summed E-state index contributed by atoms with van der Waals surface area (Å²) in [4.78, 5) is 0.